The van der Waals surface area contributed by atoms with E-state index in [2.05, 4.69) is 5.92 Å². The van der Waals surface area contributed by atoms with Gasteiger partial charge in [0.25, 0.3) is 0 Å². The summed E-state index contributed by atoms with van der Waals surface area (Å²) < 4.78 is 5.29. The summed E-state index contributed by atoms with van der Waals surface area (Å²) in [7, 11) is 1.76. The number of rotatable bonds is 2. The van der Waals surface area contributed by atoms with Crippen molar-refractivity contribution in [1.29, 1.82) is 0 Å². The molecular formula is C12H19NO2. The molecule has 0 bridgehead atoms. The third-order valence-corrected chi connectivity index (χ3v) is 2.64. The lowest BCUT2D eigenvalue weighted by Crippen LogP contribution is -2.42. The van der Waals surface area contributed by atoms with E-state index >= 15 is 0 Å². The van der Waals surface area contributed by atoms with Crippen LogP contribution in [0.5, 0.6) is 0 Å². The Labute approximate surface area is 91.8 Å². The lowest BCUT2D eigenvalue weighted by atomic mass is 10.1. The van der Waals surface area contributed by atoms with Gasteiger partial charge in [-0.3, -0.25) is 0 Å². The monoisotopic (exact) mass is 209 g/mol. The minimum atomic E-state index is -0.447. The first-order valence-corrected chi connectivity index (χ1v) is 5.21. The van der Waals surface area contributed by atoms with E-state index in [1.165, 1.54) is 0 Å². The summed E-state index contributed by atoms with van der Waals surface area (Å²) in [4.78, 5) is 13.4. The van der Waals surface area contributed by atoms with E-state index in [9.17, 15) is 4.79 Å². The van der Waals surface area contributed by atoms with Gasteiger partial charge in [-0.2, -0.15) is 0 Å². The summed E-state index contributed by atoms with van der Waals surface area (Å²) in [6.07, 6.45) is 7.58. The normalized spacial score (nSPS) is 17.8. The smallest absolute Gasteiger partial charge is 0.410 e. The van der Waals surface area contributed by atoms with Gasteiger partial charge in [-0.1, -0.05) is 0 Å². The van der Waals surface area contributed by atoms with Crippen molar-refractivity contribution < 1.29 is 9.53 Å². The summed E-state index contributed by atoms with van der Waals surface area (Å²) in [5.41, 5.74) is -0.575. The van der Waals surface area contributed by atoms with Gasteiger partial charge in [0.05, 0.1) is 5.54 Å². The molecule has 1 rings (SSSR count). The van der Waals surface area contributed by atoms with Crippen molar-refractivity contribution >= 4 is 6.09 Å². The molecule has 0 unspecified atom stereocenters. The molecule has 0 saturated heterocycles. The molecule has 0 heterocycles. The van der Waals surface area contributed by atoms with Gasteiger partial charge in [0, 0.05) is 13.5 Å². The topological polar surface area (TPSA) is 29.5 Å². The van der Waals surface area contributed by atoms with E-state index in [0.717, 1.165) is 12.8 Å². The van der Waals surface area contributed by atoms with Crippen LogP contribution >= 0.6 is 0 Å². The average molecular weight is 209 g/mol. The Hall–Kier alpha value is -1.17. The Morgan fingerprint density at radius 1 is 1.53 bits per heavy atom. The fourth-order valence-electron chi connectivity index (χ4n) is 1.49. The highest BCUT2D eigenvalue weighted by molar-refractivity contribution is 5.69. The molecule has 0 aromatic rings. The van der Waals surface area contributed by atoms with Crippen LogP contribution < -0.4 is 0 Å². The van der Waals surface area contributed by atoms with Crippen molar-refractivity contribution in [2.24, 2.45) is 0 Å². The fourth-order valence-corrected chi connectivity index (χ4v) is 1.49. The standard InChI is InChI=1S/C12H19NO2/c1-6-7-12(8-9-12)13(5)10(14)15-11(2,3)4/h1H,7-9H2,2-5H3. The number of nitrogens with zero attached hydrogens (tertiary/aromatic N) is 1. The molecule has 0 aromatic carbocycles. The van der Waals surface area contributed by atoms with Gasteiger partial charge < -0.3 is 9.64 Å². The first kappa shape index (κ1) is 11.9. The highest BCUT2D eigenvalue weighted by Gasteiger charge is 2.48. The van der Waals surface area contributed by atoms with Gasteiger partial charge in [-0.05, 0) is 33.6 Å². The van der Waals surface area contributed by atoms with Crippen molar-refractivity contribution in [3.63, 3.8) is 0 Å². The van der Waals surface area contributed by atoms with E-state index in [4.69, 9.17) is 11.2 Å². The van der Waals surface area contributed by atoms with E-state index in [-0.39, 0.29) is 11.6 Å². The van der Waals surface area contributed by atoms with Crippen LogP contribution in [0.4, 0.5) is 4.79 Å². The van der Waals surface area contributed by atoms with Crippen molar-refractivity contribution in [3.05, 3.63) is 0 Å². The molecule has 3 heteroatoms. The van der Waals surface area contributed by atoms with Gasteiger partial charge in [0.15, 0.2) is 0 Å². The summed E-state index contributed by atoms with van der Waals surface area (Å²) in [6, 6.07) is 0. The zero-order valence-electron chi connectivity index (χ0n) is 9.96. The summed E-state index contributed by atoms with van der Waals surface area (Å²) in [6.45, 7) is 5.58. The molecule has 0 spiro atoms. The number of carbonyl (C=O) groups is 1. The molecule has 0 aromatic heterocycles. The Morgan fingerprint density at radius 3 is 2.40 bits per heavy atom. The molecule has 0 aliphatic heterocycles. The van der Waals surface area contributed by atoms with E-state index in [1.54, 1.807) is 11.9 Å². The molecule has 1 aliphatic rings. The van der Waals surface area contributed by atoms with Gasteiger partial charge in [0.2, 0.25) is 0 Å². The summed E-state index contributed by atoms with van der Waals surface area (Å²) in [5.74, 6) is 2.62. The number of carbonyl (C=O) groups excluding carboxylic acids is 1. The highest BCUT2D eigenvalue weighted by Crippen LogP contribution is 2.44. The Balaban J connectivity index is 2.58. The van der Waals surface area contributed by atoms with E-state index in [0.29, 0.717) is 6.42 Å². The third kappa shape index (κ3) is 2.89. The second kappa shape index (κ2) is 3.77. The molecule has 0 atom stereocenters. The van der Waals surface area contributed by atoms with E-state index in [1.807, 2.05) is 20.8 Å². The fraction of sp³-hybridized carbons (Fsp3) is 0.750. The SMILES string of the molecule is C#CCC1(N(C)C(=O)OC(C)(C)C)CC1. The molecule has 1 aliphatic carbocycles. The quantitative estimate of drug-likeness (QED) is 0.654. The zero-order chi connectivity index (χ0) is 11.7. The maximum Gasteiger partial charge on any atom is 0.410 e. The van der Waals surface area contributed by atoms with Crippen LogP contribution in [0, 0.1) is 12.3 Å². The largest absolute Gasteiger partial charge is 0.444 e. The minimum absolute atomic E-state index is 0.128. The number of amides is 1. The zero-order valence-corrected chi connectivity index (χ0v) is 9.96. The molecule has 3 nitrogen and oxygen atoms in total. The van der Waals surface area contributed by atoms with Crippen LogP contribution in [0.15, 0.2) is 0 Å². The Morgan fingerprint density at radius 2 is 2.07 bits per heavy atom. The van der Waals surface area contributed by atoms with Gasteiger partial charge in [-0.25, -0.2) is 4.79 Å². The third-order valence-electron chi connectivity index (χ3n) is 2.64. The predicted octanol–water partition coefficient (Wildman–Crippen LogP) is 2.41. The van der Waals surface area contributed by atoms with Crippen molar-refractivity contribution in [2.45, 2.75) is 51.2 Å². The maximum atomic E-state index is 11.8. The van der Waals surface area contributed by atoms with Gasteiger partial charge >= 0.3 is 6.09 Å². The number of terminal acetylenes is 1. The number of hydrogen-bond donors (Lipinski definition) is 0. The van der Waals surface area contributed by atoms with Gasteiger partial charge in [-0.15, -0.1) is 12.3 Å². The second-order valence-electron chi connectivity index (χ2n) is 5.14. The molecule has 1 fully saturated rings. The van der Waals surface area contributed by atoms with Crippen LogP contribution in [0.1, 0.15) is 40.0 Å². The number of hydrogen-bond acceptors (Lipinski definition) is 2. The second-order valence-corrected chi connectivity index (χ2v) is 5.14. The lowest BCUT2D eigenvalue weighted by molar-refractivity contribution is 0.0199. The Bertz CT molecular complexity index is 292. The molecule has 1 saturated carbocycles. The molecular weight excluding hydrogens is 190 g/mol. The molecule has 0 N–H and O–H groups in total. The summed E-state index contributed by atoms with van der Waals surface area (Å²) in [5, 5.41) is 0. The van der Waals surface area contributed by atoms with Crippen molar-refractivity contribution in [1.82, 2.24) is 4.90 Å². The molecule has 0 radical (unpaired) electrons. The summed E-state index contributed by atoms with van der Waals surface area (Å²) >= 11 is 0. The van der Waals surface area contributed by atoms with Crippen molar-refractivity contribution in [3.8, 4) is 12.3 Å². The number of ether oxygens (including phenoxy) is 1. The Kier molecular flexibility index (Phi) is 2.99. The van der Waals surface area contributed by atoms with Crippen LogP contribution in [0.2, 0.25) is 0 Å². The highest BCUT2D eigenvalue weighted by atomic mass is 16.6. The van der Waals surface area contributed by atoms with Crippen molar-refractivity contribution in [2.75, 3.05) is 7.05 Å². The minimum Gasteiger partial charge on any atom is -0.444 e. The predicted molar refractivity (Wildman–Crippen MR) is 59.4 cm³/mol. The maximum absolute atomic E-state index is 11.8. The average Bonchev–Trinajstić information content (AvgIpc) is 2.82. The van der Waals surface area contributed by atoms with Gasteiger partial charge in [0.1, 0.15) is 5.60 Å². The molecule has 84 valence electrons. The van der Waals surface area contributed by atoms with Crippen LogP contribution in [-0.2, 0) is 4.74 Å². The molecule has 1 amide bonds. The molecule has 15 heavy (non-hydrogen) atoms. The lowest BCUT2D eigenvalue weighted by Gasteiger charge is -2.29. The van der Waals surface area contributed by atoms with Crippen LogP contribution in [0.25, 0.3) is 0 Å². The first-order chi connectivity index (χ1) is 6.81. The first-order valence-electron chi connectivity index (χ1n) is 5.21. The van der Waals surface area contributed by atoms with Crippen LogP contribution in [0.3, 0.4) is 0 Å². The van der Waals surface area contributed by atoms with Crippen LogP contribution in [-0.4, -0.2) is 29.2 Å². The van der Waals surface area contributed by atoms with E-state index < -0.39 is 5.60 Å².